The molecule has 0 saturated carbocycles. The minimum Gasteiger partial charge on any atom is -0.497 e. The Balaban J connectivity index is 1.51. The van der Waals surface area contributed by atoms with Crippen LogP contribution in [0.2, 0.25) is 0 Å². The Morgan fingerprint density at radius 1 is 1.04 bits per heavy atom. The molecular formula is C21H21N5O. The predicted octanol–water partition coefficient (Wildman–Crippen LogP) is 4.46. The van der Waals surface area contributed by atoms with Crippen LogP contribution in [0.25, 0.3) is 21.8 Å². The maximum Gasteiger partial charge on any atom is 0.159 e. The molecule has 27 heavy (non-hydrogen) atoms. The highest BCUT2D eigenvalue weighted by atomic mass is 16.5. The summed E-state index contributed by atoms with van der Waals surface area (Å²) in [7, 11) is 1.67. The fourth-order valence-corrected chi connectivity index (χ4v) is 3.76. The Bertz CT molecular complexity index is 1100. The van der Waals surface area contributed by atoms with E-state index in [-0.39, 0.29) is 0 Å². The van der Waals surface area contributed by atoms with E-state index in [1.165, 1.54) is 18.5 Å². The molecule has 2 aromatic heterocycles. The lowest BCUT2D eigenvalue weighted by Gasteiger charge is -2.18. The van der Waals surface area contributed by atoms with Crippen molar-refractivity contribution in [2.24, 2.45) is 0 Å². The zero-order chi connectivity index (χ0) is 18.2. The fraction of sp³-hybridized carbons (Fsp3) is 0.238. The summed E-state index contributed by atoms with van der Waals surface area (Å²) >= 11 is 0. The van der Waals surface area contributed by atoms with Crippen molar-refractivity contribution in [2.45, 2.75) is 12.8 Å². The first-order chi connectivity index (χ1) is 13.3. The van der Waals surface area contributed by atoms with Crippen LogP contribution in [0.3, 0.4) is 0 Å². The van der Waals surface area contributed by atoms with E-state index in [4.69, 9.17) is 9.72 Å². The third kappa shape index (κ3) is 2.83. The standard InChI is InChI=1S/C21H21N5O/c1-27-16-8-9-19-17(12-16)18-13-22-25-20(18)21(24-19)23-14-4-6-15(7-5-14)26-10-2-3-11-26/h4-9,12-13H,2-3,10-11H2,1H3,(H,22,25)(H,23,24). The van der Waals surface area contributed by atoms with Gasteiger partial charge >= 0.3 is 0 Å². The highest BCUT2D eigenvalue weighted by Crippen LogP contribution is 2.32. The predicted molar refractivity (Wildman–Crippen MR) is 109 cm³/mol. The minimum absolute atomic E-state index is 0.748. The summed E-state index contributed by atoms with van der Waals surface area (Å²) < 4.78 is 5.35. The van der Waals surface area contributed by atoms with E-state index < -0.39 is 0 Å². The molecule has 2 N–H and O–H groups in total. The van der Waals surface area contributed by atoms with Gasteiger partial charge in [0.2, 0.25) is 0 Å². The molecule has 0 unspecified atom stereocenters. The van der Waals surface area contributed by atoms with Crippen LogP contribution in [-0.4, -0.2) is 35.4 Å². The van der Waals surface area contributed by atoms with Crippen molar-refractivity contribution in [1.29, 1.82) is 0 Å². The SMILES string of the molecule is COc1ccc2nc(Nc3ccc(N4CCCC4)cc3)c3n[nH]cc3c2c1. The number of aromatic nitrogens is 3. The number of ether oxygens (including phenoxy) is 1. The molecule has 1 aliphatic heterocycles. The van der Waals surface area contributed by atoms with Gasteiger partial charge in [0.25, 0.3) is 0 Å². The first kappa shape index (κ1) is 15.9. The van der Waals surface area contributed by atoms with Crippen LogP contribution < -0.4 is 15.0 Å². The molecule has 6 nitrogen and oxygen atoms in total. The smallest absolute Gasteiger partial charge is 0.159 e. The molecule has 2 aromatic carbocycles. The van der Waals surface area contributed by atoms with Crippen LogP contribution in [0.4, 0.5) is 17.2 Å². The van der Waals surface area contributed by atoms with E-state index in [1.54, 1.807) is 7.11 Å². The molecule has 3 heterocycles. The van der Waals surface area contributed by atoms with E-state index in [2.05, 4.69) is 44.7 Å². The van der Waals surface area contributed by atoms with Crippen molar-refractivity contribution in [1.82, 2.24) is 15.2 Å². The molecule has 1 aliphatic rings. The Kier molecular flexibility index (Phi) is 3.81. The first-order valence-electron chi connectivity index (χ1n) is 9.25. The van der Waals surface area contributed by atoms with Gasteiger partial charge in [0.1, 0.15) is 11.3 Å². The number of aromatic amines is 1. The van der Waals surface area contributed by atoms with E-state index in [0.717, 1.165) is 52.2 Å². The zero-order valence-electron chi connectivity index (χ0n) is 15.2. The van der Waals surface area contributed by atoms with Gasteiger partial charge < -0.3 is 15.0 Å². The van der Waals surface area contributed by atoms with E-state index in [1.807, 2.05) is 24.4 Å². The average Bonchev–Trinajstić information content (AvgIpc) is 3.41. The zero-order valence-corrected chi connectivity index (χ0v) is 15.2. The number of pyridine rings is 1. The summed E-state index contributed by atoms with van der Waals surface area (Å²) in [6, 6.07) is 14.4. The van der Waals surface area contributed by atoms with Crippen LogP contribution >= 0.6 is 0 Å². The van der Waals surface area contributed by atoms with Gasteiger partial charge in [-0.15, -0.1) is 0 Å². The van der Waals surface area contributed by atoms with Crippen LogP contribution in [0.5, 0.6) is 5.75 Å². The lowest BCUT2D eigenvalue weighted by molar-refractivity contribution is 0.415. The van der Waals surface area contributed by atoms with Crippen LogP contribution in [0.15, 0.2) is 48.7 Å². The normalized spacial score (nSPS) is 14.2. The van der Waals surface area contributed by atoms with Crippen LogP contribution in [0.1, 0.15) is 12.8 Å². The number of hydrogen-bond donors (Lipinski definition) is 2. The molecule has 5 rings (SSSR count). The van der Waals surface area contributed by atoms with Gasteiger partial charge in [0, 0.05) is 41.4 Å². The van der Waals surface area contributed by atoms with Crippen LogP contribution in [0, 0.1) is 0 Å². The van der Waals surface area contributed by atoms with Gasteiger partial charge in [-0.2, -0.15) is 5.10 Å². The first-order valence-corrected chi connectivity index (χ1v) is 9.25. The second kappa shape index (κ2) is 6.46. The molecule has 0 atom stereocenters. The molecule has 0 amide bonds. The maximum absolute atomic E-state index is 5.35. The molecule has 0 spiro atoms. The van der Waals surface area contributed by atoms with Crippen molar-refractivity contribution in [3.05, 3.63) is 48.7 Å². The third-order valence-corrected chi connectivity index (χ3v) is 5.19. The number of nitrogens with one attached hydrogen (secondary N) is 2. The Labute approximate surface area is 157 Å². The molecular weight excluding hydrogens is 338 g/mol. The fourth-order valence-electron chi connectivity index (χ4n) is 3.76. The van der Waals surface area contributed by atoms with Gasteiger partial charge in [0.05, 0.1) is 12.6 Å². The number of nitrogens with zero attached hydrogens (tertiary/aromatic N) is 3. The van der Waals surface area contributed by atoms with Crippen molar-refractivity contribution >= 4 is 39.0 Å². The van der Waals surface area contributed by atoms with Crippen molar-refractivity contribution < 1.29 is 4.74 Å². The monoisotopic (exact) mass is 359 g/mol. The minimum atomic E-state index is 0.748. The quantitative estimate of drug-likeness (QED) is 0.563. The molecule has 6 heteroatoms. The van der Waals surface area contributed by atoms with Crippen LogP contribution in [-0.2, 0) is 0 Å². The Morgan fingerprint density at radius 3 is 2.63 bits per heavy atom. The number of anilines is 3. The second-order valence-electron chi connectivity index (χ2n) is 6.86. The van der Waals surface area contributed by atoms with E-state index in [9.17, 15) is 0 Å². The highest BCUT2D eigenvalue weighted by Gasteiger charge is 2.14. The van der Waals surface area contributed by atoms with E-state index >= 15 is 0 Å². The number of methoxy groups -OCH3 is 1. The number of H-pyrrole nitrogens is 1. The summed E-state index contributed by atoms with van der Waals surface area (Å²) in [4.78, 5) is 7.21. The van der Waals surface area contributed by atoms with Gasteiger partial charge in [-0.1, -0.05) is 0 Å². The lowest BCUT2D eigenvalue weighted by atomic mass is 10.1. The number of rotatable bonds is 4. The summed E-state index contributed by atoms with van der Waals surface area (Å²) in [5.41, 5.74) is 4.00. The van der Waals surface area contributed by atoms with E-state index in [0.29, 0.717) is 0 Å². The lowest BCUT2D eigenvalue weighted by Crippen LogP contribution is -2.17. The third-order valence-electron chi connectivity index (χ3n) is 5.19. The molecule has 0 bridgehead atoms. The van der Waals surface area contributed by atoms with Gasteiger partial charge in [-0.25, -0.2) is 4.98 Å². The Morgan fingerprint density at radius 2 is 1.85 bits per heavy atom. The number of hydrogen-bond acceptors (Lipinski definition) is 5. The van der Waals surface area contributed by atoms with Crippen molar-refractivity contribution in [3.8, 4) is 5.75 Å². The van der Waals surface area contributed by atoms with Gasteiger partial charge in [-0.3, -0.25) is 5.10 Å². The summed E-state index contributed by atoms with van der Waals surface area (Å²) in [5.74, 6) is 1.56. The number of fused-ring (bicyclic) bond motifs is 3. The molecule has 4 aromatic rings. The summed E-state index contributed by atoms with van der Waals surface area (Å²) in [6.07, 6.45) is 4.46. The van der Waals surface area contributed by atoms with Gasteiger partial charge in [0.15, 0.2) is 5.82 Å². The van der Waals surface area contributed by atoms with Crippen molar-refractivity contribution in [2.75, 3.05) is 30.4 Å². The molecule has 0 aliphatic carbocycles. The van der Waals surface area contributed by atoms with Crippen molar-refractivity contribution in [3.63, 3.8) is 0 Å². The summed E-state index contributed by atoms with van der Waals surface area (Å²) in [6.45, 7) is 2.30. The summed E-state index contributed by atoms with van der Waals surface area (Å²) in [5, 5.41) is 12.8. The maximum atomic E-state index is 5.35. The molecule has 136 valence electrons. The topological polar surface area (TPSA) is 66.1 Å². The highest BCUT2D eigenvalue weighted by molar-refractivity contribution is 6.09. The largest absolute Gasteiger partial charge is 0.497 e. The molecule has 1 fully saturated rings. The molecule has 0 radical (unpaired) electrons. The average molecular weight is 359 g/mol. The van der Waals surface area contributed by atoms with Gasteiger partial charge in [-0.05, 0) is 55.3 Å². The molecule has 1 saturated heterocycles. The Hall–Kier alpha value is -3.28. The second-order valence-corrected chi connectivity index (χ2v) is 6.86. The number of benzene rings is 2.